The molecule has 80 valence electrons. The Morgan fingerprint density at radius 1 is 1.08 bits per heavy atom. The molecule has 1 atom stereocenters. The largest absolute Gasteiger partial charge is 0.392 e. The molecule has 0 saturated heterocycles. The van der Waals surface area contributed by atoms with Gasteiger partial charge in [0, 0.05) is 32.7 Å². The van der Waals surface area contributed by atoms with Crippen molar-refractivity contribution in [2.75, 3.05) is 39.8 Å². The first-order valence-electron chi connectivity index (χ1n) is 5.05. The topological polar surface area (TPSA) is 56.3 Å². The molecule has 0 spiro atoms. The third-order valence-corrected chi connectivity index (χ3v) is 1.88. The molecule has 0 heterocycles. The van der Waals surface area contributed by atoms with Gasteiger partial charge in [0.1, 0.15) is 0 Å². The van der Waals surface area contributed by atoms with Gasteiger partial charge in [-0.2, -0.15) is 0 Å². The van der Waals surface area contributed by atoms with Gasteiger partial charge in [-0.3, -0.25) is 0 Å². The van der Waals surface area contributed by atoms with E-state index in [4.69, 9.17) is 0 Å². The Morgan fingerprint density at radius 3 is 2.31 bits per heavy atom. The highest BCUT2D eigenvalue weighted by atomic mass is 16.3. The first-order valence-corrected chi connectivity index (χ1v) is 5.05. The van der Waals surface area contributed by atoms with E-state index in [0.717, 1.165) is 32.6 Å². The molecule has 4 heteroatoms. The summed E-state index contributed by atoms with van der Waals surface area (Å²) in [4.78, 5) is 0. The zero-order valence-corrected chi connectivity index (χ0v) is 8.77. The van der Waals surface area contributed by atoms with E-state index in [1.807, 2.05) is 14.0 Å². The van der Waals surface area contributed by atoms with Crippen LogP contribution >= 0.6 is 0 Å². The van der Waals surface area contributed by atoms with Crippen LogP contribution in [0.15, 0.2) is 0 Å². The zero-order chi connectivity index (χ0) is 9.94. The van der Waals surface area contributed by atoms with Crippen molar-refractivity contribution in [1.82, 2.24) is 16.0 Å². The molecular formula is C9H23N3O. The molecule has 0 aromatic heterocycles. The molecule has 0 aliphatic rings. The van der Waals surface area contributed by atoms with Crippen LogP contribution in [0.5, 0.6) is 0 Å². The Labute approximate surface area is 81.1 Å². The Morgan fingerprint density at radius 2 is 1.69 bits per heavy atom. The Bertz CT molecular complexity index is 101. The smallest absolute Gasteiger partial charge is 0.0662 e. The fourth-order valence-electron chi connectivity index (χ4n) is 0.928. The minimum absolute atomic E-state index is 0.197. The number of aliphatic hydroxyl groups excluding tert-OH is 1. The van der Waals surface area contributed by atoms with Gasteiger partial charge >= 0.3 is 0 Å². The van der Waals surface area contributed by atoms with Crippen LogP contribution in [-0.2, 0) is 0 Å². The van der Waals surface area contributed by atoms with E-state index in [0.29, 0.717) is 6.54 Å². The molecule has 13 heavy (non-hydrogen) atoms. The summed E-state index contributed by atoms with van der Waals surface area (Å²) in [5.74, 6) is 0. The van der Waals surface area contributed by atoms with Gasteiger partial charge in [-0.25, -0.2) is 0 Å². The molecule has 4 N–H and O–H groups in total. The standard InChI is InChI=1S/C9H23N3O/c1-3-9(13)8-12-7-6-11-5-4-10-2/h9-13H,3-8H2,1-2H3. The van der Waals surface area contributed by atoms with Crippen molar-refractivity contribution in [1.29, 1.82) is 0 Å². The quantitative estimate of drug-likeness (QED) is 0.357. The van der Waals surface area contributed by atoms with Gasteiger partial charge in [0.25, 0.3) is 0 Å². The second-order valence-corrected chi connectivity index (χ2v) is 3.12. The molecule has 0 rings (SSSR count). The molecule has 1 unspecified atom stereocenters. The molecule has 0 bridgehead atoms. The van der Waals surface area contributed by atoms with Crippen LogP contribution in [0, 0.1) is 0 Å². The van der Waals surface area contributed by atoms with Gasteiger partial charge in [-0.15, -0.1) is 0 Å². The van der Waals surface area contributed by atoms with Gasteiger partial charge < -0.3 is 21.1 Å². The van der Waals surface area contributed by atoms with Crippen LogP contribution in [-0.4, -0.2) is 51.0 Å². The lowest BCUT2D eigenvalue weighted by Crippen LogP contribution is -2.34. The number of likely N-dealkylation sites (N-methyl/N-ethyl adjacent to an activating group) is 1. The molecular weight excluding hydrogens is 166 g/mol. The number of hydrogen-bond donors (Lipinski definition) is 4. The average molecular weight is 189 g/mol. The van der Waals surface area contributed by atoms with E-state index in [1.54, 1.807) is 0 Å². The maximum Gasteiger partial charge on any atom is 0.0662 e. The van der Waals surface area contributed by atoms with Crippen LogP contribution in [0.25, 0.3) is 0 Å². The molecule has 0 saturated carbocycles. The molecule has 0 fully saturated rings. The lowest BCUT2D eigenvalue weighted by molar-refractivity contribution is 0.167. The van der Waals surface area contributed by atoms with Crippen molar-refractivity contribution in [2.24, 2.45) is 0 Å². The summed E-state index contributed by atoms with van der Waals surface area (Å²) >= 11 is 0. The summed E-state index contributed by atoms with van der Waals surface area (Å²) in [6, 6.07) is 0. The lowest BCUT2D eigenvalue weighted by Gasteiger charge is -2.09. The second kappa shape index (κ2) is 9.92. The first kappa shape index (κ1) is 12.8. The van der Waals surface area contributed by atoms with Crippen molar-refractivity contribution in [3.8, 4) is 0 Å². The summed E-state index contributed by atoms with van der Waals surface area (Å²) in [6.07, 6.45) is 0.623. The molecule has 4 nitrogen and oxygen atoms in total. The third kappa shape index (κ3) is 9.76. The normalized spacial score (nSPS) is 13.2. The summed E-state index contributed by atoms with van der Waals surface area (Å²) in [5, 5.41) is 18.7. The second-order valence-electron chi connectivity index (χ2n) is 3.12. The summed E-state index contributed by atoms with van der Waals surface area (Å²) in [6.45, 7) is 6.55. The van der Waals surface area contributed by atoms with Crippen molar-refractivity contribution < 1.29 is 5.11 Å². The minimum Gasteiger partial charge on any atom is -0.392 e. The van der Waals surface area contributed by atoms with Crippen LogP contribution in [0.2, 0.25) is 0 Å². The van der Waals surface area contributed by atoms with Gasteiger partial charge in [-0.05, 0) is 13.5 Å². The lowest BCUT2D eigenvalue weighted by atomic mass is 10.3. The monoisotopic (exact) mass is 189 g/mol. The van der Waals surface area contributed by atoms with Gasteiger partial charge in [0.2, 0.25) is 0 Å². The Kier molecular flexibility index (Phi) is 9.80. The summed E-state index contributed by atoms with van der Waals surface area (Å²) < 4.78 is 0. The molecule has 0 amide bonds. The van der Waals surface area contributed by atoms with Crippen LogP contribution in [0.1, 0.15) is 13.3 Å². The van der Waals surface area contributed by atoms with Gasteiger partial charge in [0.05, 0.1) is 6.10 Å². The maximum atomic E-state index is 9.21. The number of nitrogens with one attached hydrogen (secondary N) is 3. The van der Waals surface area contributed by atoms with Crippen LogP contribution in [0.3, 0.4) is 0 Å². The predicted octanol–water partition coefficient (Wildman–Crippen LogP) is -0.844. The fourth-order valence-corrected chi connectivity index (χ4v) is 0.928. The van der Waals surface area contributed by atoms with Crippen molar-refractivity contribution in [3.05, 3.63) is 0 Å². The zero-order valence-electron chi connectivity index (χ0n) is 8.77. The van der Waals surface area contributed by atoms with Crippen molar-refractivity contribution in [2.45, 2.75) is 19.4 Å². The van der Waals surface area contributed by atoms with E-state index >= 15 is 0 Å². The highest BCUT2D eigenvalue weighted by Gasteiger charge is 1.97. The highest BCUT2D eigenvalue weighted by molar-refractivity contribution is 4.58. The molecule has 0 aliphatic carbocycles. The Balaban J connectivity index is 2.91. The first-order chi connectivity index (χ1) is 6.31. The minimum atomic E-state index is -0.197. The fraction of sp³-hybridized carbons (Fsp3) is 1.00. The van der Waals surface area contributed by atoms with Crippen molar-refractivity contribution in [3.63, 3.8) is 0 Å². The molecule has 0 aliphatic heterocycles. The van der Waals surface area contributed by atoms with Crippen molar-refractivity contribution >= 4 is 0 Å². The number of aliphatic hydroxyl groups is 1. The molecule has 0 aromatic carbocycles. The summed E-state index contributed by atoms with van der Waals surface area (Å²) in [7, 11) is 1.94. The predicted molar refractivity (Wildman–Crippen MR) is 56.0 cm³/mol. The van der Waals surface area contributed by atoms with E-state index in [-0.39, 0.29) is 6.10 Å². The van der Waals surface area contributed by atoms with E-state index in [1.165, 1.54) is 0 Å². The SMILES string of the molecule is CCC(O)CNCCNCCNC. The van der Waals surface area contributed by atoms with Gasteiger partial charge in [0.15, 0.2) is 0 Å². The van der Waals surface area contributed by atoms with E-state index < -0.39 is 0 Å². The Hall–Kier alpha value is -0.160. The average Bonchev–Trinajstić information content (AvgIpc) is 2.16. The number of hydrogen-bond acceptors (Lipinski definition) is 4. The highest BCUT2D eigenvalue weighted by Crippen LogP contribution is 1.84. The maximum absolute atomic E-state index is 9.21. The van der Waals surface area contributed by atoms with E-state index in [2.05, 4.69) is 16.0 Å². The van der Waals surface area contributed by atoms with Crippen LogP contribution < -0.4 is 16.0 Å². The van der Waals surface area contributed by atoms with E-state index in [9.17, 15) is 5.11 Å². The number of rotatable bonds is 9. The molecule has 0 aromatic rings. The third-order valence-electron chi connectivity index (χ3n) is 1.88. The summed E-state index contributed by atoms with van der Waals surface area (Å²) in [5.41, 5.74) is 0. The van der Waals surface area contributed by atoms with Crippen LogP contribution in [0.4, 0.5) is 0 Å². The molecule has 0 radical (unpaired) electrons. The van der Waals surface area contributed by atoms with Gasteiger partial charge in [-0.1, -0.05) is 6.92 Å².